The van der Waals surface area contributed by atoms with Crippen LogP contribution >= 0.6 is 0 Å². The zero-order chi connectivity index (χ0) is 26.6. The van der Waals surface area contributed by atoms with Crippen LogP contribution < -0.4 is 5.32 Å². The molecule has 0 aliphatic rings. The third-order valence-electron chi connectivity index (χ3n) is 5.83. The molecule has 0 saturated carbocycles. The quantitative estimate of drug-likeness (QED) is 0.343. The van der Waals surface area contributed by atoms with Crippen LogP contribution in [-0.2, 0) is 32.0 Å². The average molecular weight is 513 g/mol. The number of methoxy groups -OCH3 is 1. The number of urea groups is 1. The molecule has 0 aliphatic carbocycles. The van der Waals surface area contributed by atoms with E-state index in [1.54, 1.807) is 24.0 Å². The van der Waals surface area contributed by atoms with E-state index >= 15 is 0 Å². The minimum absolute atomic E-state index is 0.156. The van der Waals surface area contributed by atoms with Gasteiger partial charge >= 0.3 is 12.0 Å². The Morgan fingerprint density at radius 1 is 1.03 bits per heavy atom. The van der Waals surface area contributed by atoms with Crippen molar-refractivity contribution in [1.29, 1.82) is 0 Å². The number of nitrogens with one attached hydrogen (secondary N) is 2. The number of hydrogen-bond donors (Lipinski definition) is 2. The zero-order valence-electron chi connectivity index (χ0n) is 21.2. The van der Waals surface area contributed by atoms with E-state index in [0.717, 1.165) is 22.0 Å². The first-order chi connectivity index (χ1) is 17.9. The summed E-state index contributed by atoms with van der Waals surface area (Å²) in [4.78, 5) is 44.0. The fourth-order valence-corrected chi connectivity index (χ4v) is 3.88. The van der Waals surface area contributed by atoms with Crippen LogP contribution in [0.2, 0.25) is 0 Å². The summed E-state index contributed by atoms with van der Waals surface area (Å²) < 4.78 is 23.4. The van der Waals surface area contributed by atoms with Crippen LogP contribution in [0.1, 0.15) is 18.1 Å². The molecule has 0 unspecified atom stereocenters. The van der Waals surface area contributed by atoms with Crippen LogP contribution in [0.15, 0.2) is 54.7 Å². The molecule has 0 aliphatic heterocycles. The SMILES string of the molecule is CCOC(=O)CNC(=O)N(CCOC)CC(=O)N(CCc1c[nH]c2ccccc12)Cc1ccc(F)cc1. The second-order valence-corrected chi connectivity index (χ2v) is 8.43. The van der Waals surface area contributed by atoms with E-state index in [-0.39, 0.29) is 51.1 Å². The summed E-state index contributed by atoms with van der Waals surface area (Å²) in [7, 11) is 1.50. The number of halogens is 1. The molecule has 9 nitrogen and oxygen atoms in total. The topological polar surface area (TPSA) is 104 Å². The number of carbonyl (C=O) groups is 3. The predicted octanol–water partition coefficient (Wildman–Crippen LogP) is 3.10. The highest BCUT2D eigenvalue weighted by atomic mass is 19.1. The van der Waals surface area contributed by atoms with Gasteiger partial charge < -0.3 is 29.6 Å². The fourth-order valence-electron chi connectivity index (χ4n) is 3.88. The summed E-state index contributed by atoms with van der Waals surface area (Å²) in [6.07, 6.45) is 2.52. The number of aromatic amines is 1. The standard InChI is InChI=1S/C27H33FN4O5/c1-3-37-26(34)17-30-27(35)32(14-15-36-2)19-25(33)31(18-20-8-10-22(28)11-9-20)13-12-21-16-29-24-7-5-4-6-23(21)24/h4-11,16,29H,3,12-15,17-19H2,1-2H3,(H,30,35). The average Bonchev–Trinajstić information content (AvgIpc) is 3.31. The molecule has 3 aromatic rings. The lowest BCUT2D eigenvalue weighted by Crippen LogP contribution is -2.49. The first-order valence-corrected chi connectivity index (χ1v) is 12.2. The van der Waals surface area contributed by atoms with Crippen molar-refractivity contribution in [3.05, 3.63) is 71.7 Å². The molecule has 10 heteroatoms. The van der Waals surface area contributed by atoms with E-state index in [1.807, 2.05) is 30.5 Å². The Labute approximate surface area is 215 Å². The largest absolute Gasteiger partial charge is 0.465 e. The monoisotopic (exact) mass is 512 g/mol. The van der Waals surface area contributed by atoms with Gasteiger partial charge in [0.05, 0.1) is 13.2 Å². The summed E-state index contributed by atoms with van der Waals surface area (Å²) in [5.74, 6) is -1.21. The number of carbonyl (C=O) groups excluding carboxylic acids is 3. The van der Waals surface area contributed by atoms with Gasteiger partial charge in [0.25, 0.3) is 0 Å². The van der Waals surface area contributed by atoms with Crippen molar-refractivity contribution in [2.24, 2.45) is 0 Å². The summed E-state index contributed by atoms with van der Waals surface area (Å²) in [6, 6.07) is 13.3. The molecule has 0 bridgehead atoms. The van der Waals surface area contributed by atoms with Crippen LogP contribution in [0.25, 0.3) is 10.9 Å². The number of fused-ring (bicyclic) bond motifs is 1. The Balaban J connectivity index is 1.73. The van der Waals surface area contributed by atoms with E-state index in [9.17, 15) is 18.8 Å². The fraction of sp³-hybridized carbons (Fsp3) is 0.370. The maximum absolute atomic E-state index is 13.4. The van der Waals surface area contributed by atoms with Gasteiger partial charge in [-0.2, -0.15) is 0 Å². The molecule has 0 atom stereocenters. The van der Waals surface area contributed by atoms with Gasteiger partial charge in [-0.15, -0.1) is 0 Å². The number of nitrogens with zero attached hydrogens (tertiary/aromatic N) is 2. The third-order valence-corrected chi connectivity index (χ3v) is 5.83. The van der Waals surface area contributed by atoms with Crippen molar-refractivity contribution in [1.82, 2.24) is 20.1 Å². The van der Waals surface area contributed by atoms with E-state index < -0.39 is 12.0 Å². The first-order valence-electron chi connectivity index (χ1n) is 12.2. The lowest BCUT2D eigenvalue weighted by Gasteiger charge is -2.28. The smallest absolute Gasteiger partial charge is 0.325 e. The molecule has 0 saturated heterocycles. The van der Waals surface area contributed by atoms with E-state index in [0.29, 0.717) is 13.0 Å². The minimum Gasteiger partial charge on any atom is -0.465 e. The lowest BCUT2D eigenvalue weighted by atomic mass is 10.1. The van der Waals surface area contributed by atoms with Gasteiger partial charge in [-0.05, 0) is 42.7 Å². The van der Waals surface area contributed by atoms with Gasteiger partial charge in [0.15, 0.2) is 0 Å². The molecule has 198 valence electrons. The molecule has 3 amide bonds. The number of amides is 3. The molecule has 37 heavy (non-hydrogen) atoms. The summed E-state index contributed by atoms with van der Waals surface area (Å²) >= 11 is 0. The van der Waals surface area contributed by atoms with Crippen molar-refractivity contribution in [3.63, 3.8) is 0 Å². The van der Waals surface area contributed by atoms with Gasteiger partial charge in [0.1, 0.15) is 18.9 Å². The van der Waals surface area contributed by atoms with Crippen molar-refractivity contribution < 1.29 is 28.2 Å². The Bertz CT molecular complexity index is 1180. The lowest BCUT2D eigenvalue weighted by molar-refractivity contribution is -0.141. The van der Waals surface area contributed by atoms with Crippen LogP contribution in [0.4, 0.5) is 9.18 Å². The molecule has 1 aromatic heterocycles. The Hall–Kier alpha value is -3.92. The maximum atomic E-state index is 13.4. The molecule has 0 radical (unpaired) electrons. The third kappa shape index (κ3) is 8.32. The number of H-pyrrole nitrogens is 1. The van der Waals surface area contributed by atoms with Gasteiger partial charge in [-0.3, -0.25) is 9.59 Å². The molecule has 1 heterocycles. The molecule has 0 fully saturated rings. The van der Waals surface area contributed by atoms with Gasteiger partial charge in [-0.25, -0.2) is 9.18 Å². The molecule has 0 spiro atoms. The Kier molecular flexibility index (Phi) is 10.5. The van der Waals surface area contributed by atoms with E-state index in [2.05, 4.69) is 10.3 Å². The van der Waals surface area contributed by atoms with Crippen LogP contribution in [0.5, 0.6) is 0 Å². The Morgan fingerprint density at radius 3 is 2.51 bits per heavy atom. The van der Waals surface area contributed by atoms with Gasteiger partial charge in [0.2, 0.25) is 5.91 Å². The van der Waals surface area contributed by atoms with Crippen molar-refractivity contribution >= 4 is 28.8 Å². The molecule has 3 rings (SSSR count). The number of ether oxygens (including phenoxy) is 2. The summed E-state index contributed by atoms with van der Waals surface area (Å²) in [5.41, 5.74) is 2.85. The second-order valence-electron chi connectivity index (χ2n) is 8.43. The number of rotatable bonds is 13. The maximum Gasteiger partial charge on any atom is 0.325 e. The molecular formula is C27H33FN4O5. The second kappa shape index (κ2) is 14.0. The highest BCUT2D eigenvalue weighted by molar-refractivity contribution is 5.86. The highest BCUT2D eigenvalue weighted by Crippen LogP contribution is 2.19. The number of hydrogen-bond acceptors (Lipinski definition) is 5. The minimum atomic E-state index is -0.572. The summed E-state index contributed by atoms with van der Waals surface area (Å²) in [6.45, 7) is 2.38. The summed E-state index contributed by atoms with van der Waals surface area (Å²) in [5, 5.41) is 3.57. The number of para-hydroxylation sites is 1. The predicted molar refractivity (Wildman–Crippen MR) is 137 cm³/mol. The van der Waals surface area contributed by atoms with Gasteiger partial charge in [0, 0.05) is 43.8 Å². The van der Waals surface area contributed by atoms with Gasteiger partial charge in [-0.1, -0.05) is 30.3 Å². The van der Waals surface area contributed by atoms with Crippen molar-refractivity contribution in [2.75, 3.05) is 46.5 Å². The normalized spacial score (nSPS) is 10.8. The van der Waals surface area contributed by atoms with Crippen molar-refractivity contribution in [2.45, 2.75) is 19.9 Å². The van der Waals surface area contributed by atoms with E-state index in [1.165, 1.54) is 24.1 Å². The van der Waals surface area contributed by atoms with E-state index in [4.69, 9.17) is 9.47 Å². The molecule has 2 aromatic carbocycles. The number of esters is 1. The first kappa shape index (κ1) is 27.7. The van der Waals surface area contributed by atoms with Crippen LogP contribution in [0.3, 0.4) is 0 Å². The number of aromatic nitrogens is 1. The van der Waals surface area contributed by atoms with Crippen LogP contribution in [-0.4, -0.2) is 79.2 Å². The Morgan fingerprint density at radius 2 is 1.78 bits per heavy atom. The molecule has 2 N–H and O–H groups in total. The number of benzene rings is 2. The zero-order valence-corrected chi connectivity index (χ0v) is 21.2. The highest BCUT2D eigenvalue weighted by Gasteiger charge is 2.22. The molecular weight excluding hydrogens is 479 g/mol. The van der Waals surface area contributed by atoms with Crippen LogP contribution in [0, 0.1) is 5.82 Å². The van der Waals surface area contributed by atoms with Crippen molar-refractivity contribution in [3.8, 4) is 0 Å².